The van der Waals surface area contributed by atoms with Gasteiger partial charge in [0.1, 0.15) is 18.2 Å². The van der Waals surface area contributed by atoms with Crippen molar-refractivity contribution in [3.63, 3.8) is 0 Å². The number of carbonyl (C=O) groups is 1. The molecule has 1 aliphatic heterocycles. The predicted octanol–water partition coefficient (Wildman–Crippen LogP) is 4.61. The lowest BCUT2D eigenvalue weighted by atomic mass is 10.0. The molecule has 1 heterocycles. The molecule has 0 saturated heterocycles. The van der Waals surface area contributed by atoms with Crippen LogP contribution in [0.25, 0.3) is 0 Å². The Balaban J connectivity index is 1.48. The molecule has 3 aromatic carbocycles. The van der Waals surface area contributed by atoms with Crippen LogP contribution >= 0.6 is 0 Å². The van der Waals surface area contributed by atoms with Crippen LogP contribution in [0.3, 0.4) is 0 Å². The molecule has 0 spiro atoms. The highest BCUT2D eigenvalue weighted by Crippen LogP contribution is 2.36. The lowest BCUT2D eigenvalue weighted by molar-refractivity contribution is -0.121. The summed E-state index contributed by atoms with van der Waals surface area (Å²) in [7, 11) is 0. The molecule has 1 aliphatic rings. The van der Waals surface area contributed by atoms with Gasteiger partial charge in [0.2, 0.25) is 5.91 Å². The second-order valence-electron chi connectivity index (χ2n) is 7.66. The van der Waals surface area contributed by atoms with Crippen molar-refractivity contribution in [2.75, 3.05) is 11.5 Å². The van der Waals surface area contributed by atoms with Crippen molar-refractivity contribution < 1.29 is 13.9 Å². The zero-order valence-electron chi connectivity index (χ0n) is 17.0. The molecule has 1 unspecified atom stereocenters. The maximum Gasteiger partial charge on any atom is 0.222 e. The first-order valence-electron chi connectivity index (χ1n) is 10.1. The summed E-state index contributed by atoms with van der Waals surface area (Å²) in [6, 6.07) is 22.5. The van der Waals surface area contributed by atoms with Crippen LogP contribution in [-0.2, 0) is 17.9 Å². The summed E-state index contributed by atoms with van der Waals surface area (Å²) in [4.78, 5) is 14.9. The maximum absolute atomic E-state index is 13.1. The Hall–Kier alpha value is -3.34. The van der Waals surface area contributed by atoms with Crippen LogP contribution in [0.1, 0.15) is 23.1 Å². The highest BCUT2D eigenvalue weighted by Gasteiger charge is 2.29. The Kier molecular flexibility index (Phi) is 5.98. The van der Waals surface area contributed by atoms with E-state index in [-0.39, 0.29) is 17.8 Å². The van der Waals surface area contributed by atoms with Gasteiger partial charge in [0.05, 0.1) is 18.2 Å². The molecule has 30 heavy (non-hydrogen) atoms. The Bertz CT molecular complexity index is 1010. The lowest BCUT2D eigenvalue weighted by Gasteiger charge is -2.38. The largest absolute Gasteiger partial charge is 0.489 e. The van der Waals surface area contributed by atoms with Gasteiger partial charge in [-0.3, -0.25) is 4.79 Å². The third kappa shape index (κ3) is 4.79. The summed E-state index contributed by atoms with van der Waals surface area (Å²) in [5.74, 6) is 0.519. The molecule has 0 fully saturated rings. The number of anilines is 1. The molecule has 1 atom stereocenters. The molecule has 4 rings (SSSR count). The molecule has 0 bridgehead atoms. The van der Waals surface area contributed by atoms with Crippen molar-refractivity contribution in [3.8, 4) is 5.75 Å². The van der Waals surface area contributed by atoms with E-state index >= 15 is 0 Å². The molecule has 0 aromatic heterocycles. The summed E-state index contributed by atoms with van der Waals surface area (Å²) < 4.78 is 19.1. The van der Waals surface area contributed by atoms with Crippen LogP contribution in [0.15, 0.2) is 72.8 Å². The second-order valence-corrected chi connectivity index (χ2v) is 7.66. The van der Waals surface area contributed by atoms with Crippen molar-refractivity contribution in [1.29, 1.82) is 0 Å². The van der Waals surface area contributed by atoms with Gasteiger partial charge >= 0.3 is 0 Å². The number of fused-ring (bicyclic) bond motifs is 1. The number of hydrogen-bond acceptors (Lipinski definition) is 3. The summed E-state index contributed by atoms with van der Waals surface area (Å²) >= 11 is 0. The summed E-state index contributed by atoms with van der Waals surface area (Å²) in [5, 5.41) is 2.94. The van der Waals surface area contributed by atoms with E-state index < -0.39 is 0 Å². The van der Waals surface area contributed by atoms with Crippen molar-refractivity contribution >= 4 is 11.6 Å². The monoisotopic (exact) mass is 404 g/mol. The number of carbonyl (C=O) groups excluding carboxylic acids is 1. The van der Waals surface area contributed by atoms with E-state index in [1.165, 1.54) is 17.7 Å². The molecule has 4 nitrogen and oxygen atoms in total. The fourth-order valence-corrected chi connectivity index (χ4v) is 3.70. The summed E-state index contributed by atoms with van der Waals surface area (Å²) in [6.07, 6.45) is 0.321. The van der Waals surface area contributed by atoms with Gasteiger partial charge in [-0.15, -0.1) is 0 Å². The van der Waals surface area contributed by atoms with Gasteiger partial charge in [0.15, 0.2) is 0 Å². The summed E-state index contributed by atoms with van der Waals surface area (Å²) in [5.41, 5.74) is 4.20. The Labute approximate surface area is 176 Å². The van der Waals surface area contributed by atoms with Crippen molar-refractivity contribution in [1.82, 2.24) is 5.32 Å². The number of hydrogen-bond donors (Lipinski definition) is 1. The van der Waals surface area contributed by atoms with Crippen LogP contribution in [0.2, 0.25) is 0 Å². The van der Waals surface area contributed by atoms with Crippen LogP contribution < -0.4 is 15.0 Å². The van der Waals surface area contributed by atoms with Crippen molar-refractivity contribution in [3.05, 3.63) is 95.3 Å². The zero-order chi connectivity index (χ0) is 20.9. The Morgan fingerprint density at radius 1 is 1.07 bits per heavy atom. The topological polar surface area (TPSA) is 41.6 Å². The number of nitrogens with zero attached hydrogens (tertiary/aromatic N) is 1. The van der Waals surface area contributed by atoms with E-state index in [1.54, 1.807) is 12.1 Å². The second kappa shape index (κ2) is 8.99. The maximum atomic E-state index is 13.1. The quantitative estimate of drug-likeness (QED) is 0.652. The van der Waals surface area contributed by atoms with Gasteiger partial charge in [0, 0.05) is 13.1 Å². The average Bonchev–Trinajstić information content (AvgIpc) is 2.75. The van der Waals surface area contributed by atoms with Crippen LogP contribution in [0, 0.1) is 12.7 Å². The highest BCUT2D eigenvalue weighted by atomic mass is 19.1. The molecule has 0 radical (unpaired) electrons. The lowest BCUT2D eigenvalue weighted by Crippen LogP contribution is -2.45. The number of benzene rings is 3. The van der Waals surface area contributed by atoms with E-state index in [4.69, 9.17) is 4.74 Å². The number of amides is 1. The van der Waals surface area contributed by atoms with Gasteiger partial charge in [-0.25, -0.2) is 4.39 Å². The van der Waals surface area contributed by atoms with E-state index in [1.807, 2.05) is 31.2 Å². The zero-order valence-corrected chi connectivity index (χ0v) is 17.0. The molecule has 154 valence electrons. The number of ether oxygens (including phenoxy) is 1. The van der Waals surface area contributed by atoms with Gasteiger partial charge < -0.3 is 15.0 Å². The van der Waals surface area contributed by atoms with Gasteiger partial charge in [-0.1, -0.05) is 48.5 Å². The molecule has 3 aromatic rings. The third-order valence-electron chi connectivity index (χ3n) is 5.32. The SMILES string of the molecule is Cc1ccc2c(c1)OCC(CC(=O)NCc1ccc(F)cc1)N2Cc1ccccc1. The molecule has 5 heteroatoms. The van der Waals surface area contributed by atoms with E-state index in [2.05, 4.69) is 34.5 Å². The van der Waals surface area contributed by atoms with Crippen LogP contribution in [-0.4, -0.2) is 18.6 Å². The first-order chi connectivity index (χ1) is 14.6. The molecular weight excluding hydrogens is 379 g/mol. The highest BCUT2D eigenvalue weighted by molar-refractivity contribution is 5.77. The predicted molar refractivity (Wildman–Crippen MR) is 116 cm³/mol. The van der Waals surface area contributed by atoms with Gasteiger partial charge in [0.25, 0.3) is 0 Å². The van der Waals surface area contributed by atoms with Crippen molar-refractivity contribution in [2.24, 2.45) is 0 Å². The first-order valence-corrected chi connectivity index (χ1v) is 10.1. The fraction of sp³-hybridized carbons (Fsp3) is 0.240. The number of rotatable bonds is 6. The standard InChI is InChI=1S/C25H25FN2O2/c1-18-7-12-23-24(13-18)30-17-22(28(23)16-20-5-3-2-4-6-20)14-25(29)27-15-19-8-10-21(26)11-9-19/h2-13,22H,14-17H2,1H3,(H,27,29). The van der Waals surface area contributed by atoms with Crippen LogP contribution in [0.5, 0.6) is 5.75 Å². The van der Waals surface area contributed by atoms with Crippen LogP contribution in [0.4, 0.5) is 10.1 Å². The number of aryl methyl sites for hydroxylation is 1. The molecule has 1 N–H and O–H groups in total. The van der Waals surface area contributed by atoms with Gasteiger partial charge in [-0.05, 0) is 47.9 Å². The smallest absolute Gasteiger partial charge is 0.222 e. The van der Waals surface area contributed by atoms with E-state index in [0.717, 1.165) is 22.6 Å². The molecule has 0 saturated carbocycles. The van der Waals surface area contributed by atoms with Crippen molar-refractivity contribution in [2.45, 2.75) is 32.5 Å². The first kappa shape index (κ1) is 20.0. The Morgan fingerprint density at radius 2 is 1.83 bits per heavy atom. The van der Waals surface area contributed by atoms with E-state index in [9.17, 15) is 9.18 Å². The fourth-order valence-electron chi connectivity index (χ4n) is 3.70. The minimum absolute atomic E-state index is 0.0541. The number of halogens is 1. The number of nitrogens with one attached hydrogen (secondary N) is 1. The minimum Gasteiger partial charge on any atom is -0.489 e. The average molecular weight is 404 g/mol. The van der Waals surface area contributed by atoms with Gasteiger partial charge in [-0.2, -0.15) is 0 Å². The minimum atomic E-state index is -0.283. The summed E-state index contributed by atoms with van der Waals surface area (Å²) in [6.45, 7) is 3.57. The Morgan fingerprint density at radius 3 is 2.60 bits per heavy atom. The molecular formula is C25H25FN2O2. The third-order valence-corrected chi connectivity index (χ3v) is 5.32. The molecule has 0 aliphatic carbocycles. The normalized spacial score (nSPS) is 15.3. The van der Waals surface area contributed by atoms with E-state index in [0.29, 0.717) is 26.1 Å². The molecule has 1 amide bonds.